The van der Waals surface area contributed by atoms with Gasteiger partial charge in [-0.2, -0.15) is 0 Å². The summed E-state index contributed by atoms with van der Waals surface area (Å²) in [5, 5.41) is 26.1. The molecule has 2 rings (SSSR count). The third-order valence-corrected chi connectivity index (χ3v) is 1.88. The Morgan fingerprint density at radius 3 is 2.50 bits per heavy atom. The Morgan fingerprint density at radius 1 is 0.938 bits per heavy atom. The summed E-state index contributed by atoms with van der Waals surface area (Å²) in [7, 11) is 0. The van der Waals surface area contributed by atoms with Crippen LogP contribution in [-0.4, -0.2) is 15.2 Å². The van der Waals surface area contributed by atoms with Crippen LogP contribution >= 0.6 is 0 Å². The van der Waals surface area contributed by atoms with Gasteiger partial charge in [-0.25, -0.2) is 4.98 Å². The van der Waals surface area contributed by atoms with Crippen molar-refractivity contribution in [3.8, 4) is 11.5 Å². The molecule has 2 N–H and O–H groups in total. The topological polar surface area (TPSA) is 78.1 Å². The number of nitrogens with zero attached hydrogens (tertiary/aromatic N) is 3. The zero-order valence-corrected chi connectivity index (χ0v) is 8.28. The van der Waals surface area contributed by atoms with Crippen LogP contribution in [0.1, 0.15) is 0 Å². The molecule has 0 aliphatic carbocycles. The minimum atomic E-state index is -0.225. The summed E-state index contributed by atoms with van der Waals surface area (Å²) >= 11 is 0. The lowest BCUT2D eigenvalue weighted by atomic mass is 10.3. The predicted octanol–water partition coefficient (Wildman–Crippen LogP) is 2.91. The third-order valence-electron chi connectivity index (χ3n) is 1.88. The molecule has 0 amide bonds. The Kier molecular flexibility index (Phi) is 2.77. The van der Waals surface area contributed by atoms with E-state index in [0.29, 0.717) is 11.5 Å². The Bertz CT molecular complexity index is 512. The second-order valence-electron chi connectivity index (χ2n) is 3.06. The second kappa shape index (κ2) is 4.39. The molecule has 0 saturated carbocycles. The molecule has 0 bridgehead atoms. The van der Waals surface area contributed by atoms with Crippen molar-refractivity contribution in [1.29, 1.82) is 0 Å². The van der Waals surface area contributed by atoms with Crippen LogP contribution < -0.4 is 0 Å². The molecule has 0 spiro atoms. The van der Waals surface area contributed by atoms with E-state index >= 15 is 0 Å². The van der Waals surface area contributed by atoms with E-state index in [-0.39, 0.29) is 11.5 Å². The summed E-state index contributed by atoms with van der Waals surface area (Å²) in [5.74, 6) is 0.0734. The molecule has 1 aromatic heterocycles. The quantitative estimate of drug-likeness (QED) is 0.597. The molecule has 1 aromatic carbocycles. The lowest BCUT2D eigenvalue weighted by Crippen LogP contribution is -1.70. The summed E-state index contributed by atoms with van der Waals surface area (Å²) in [6.07, 6.45) is 1.61. The van der Waals surface area contributed by atoms with Crippen LogP contribution in [0.5, 0.6) is 11.5 Å². The van der Waals surface area contributed by atoms with Crippen LogP contribution in [0.25, 0.3) is 0 Å². The maximum absolute atomic E-state index is 9.23. The van der Waals surface area contributed by atoms with Gasteiger partial charge in [-0.3, -0.25) is 0 Å². The van der Waals surface area contributed by atoms with Crippen molar-refractivity contribution in [2.75, 3.05) is 0 Å². The number of rotatable bonds is 2. The Balaban J connectivity index is 2.21. The van der Waals surface area contributed by atoms with Gasteiger partial charge in [0.25, 0.3) is 0 Å². The first kappa shape index (κ1) is 10.1. The van der Waals surface area contributed by atoms with Crippen molar-refractivity contribution in [2.24, 2.45) is 10.2 Å². The van der Waals surface area contributed by atoms with E-state index in [1.165, 1.54) is 12.1 Å². The van der Waals surface area contributed by atoms with E-state index in [2.05, 4.69) is 15.2 Å². The van der Waals surface area contributed by atoms with Crippen LogP contribution in [0.15, 0.2) is 52.8 Å². The molecule has 2 aromatic rings. The third kappa shape index (κ3) is 2.33. The first-order valence-electron chi connectivity index (χ1n) is 4.60. The average molecular weight is 215 g/mol. The predicted molar refractivity (Wildman–Crippen MR) is 58.2 cm³/mol. The number of phenols is 2. The molecular formula is C11H9N3O2. The largest absolute Gasteiger partial charge is 0.504 e. The van der Waals surface area contributed by atoms with Crippen LogP contribution in [0.4, 0.5) is 11.5 Å². The molecule has 16 heavy (non-hydrogen) atoms. The van der Waals surface area contributed by atoms with E-state index in [1.54, 1.807) is 30.5 Å². The van der Waals surface area contributed by atoms with Crippen molar-refractivity contribution in [2.45, 2.75) is 0 Å². The summed E-state index contributed by atoms with van der Waals surface area (Å²) < 4.78 is 0. The van der Waals surface area contributed by atoms with Gasteiger partial charge < -0.3 is 10.2 Å². The molecule has 0 unspecified atom stereocenters. The first-order valence-corrected chi connectivity index (χ1v) is 4.60. The van der Waals surface area contributed by atoms with E-state index in [9.17, 15) is 5.11 Å². The maximum Gasteiger partial charge on any atom is 0.174 e. The lowest BCUT2D eigenvalue weighted by molar-refractivity contribution is 0.404. The molecule has 0 saturated heterocycles. The highest BCUT2D eigenvalue weighted by atomic mass is 16.3. The monoisotopic (exact) mass is 215 g/mol. The highest BCUT2D eigenvalue weighted by Gasteiger charge is 1.99. The van der Waals surface area contributed by atoms with Crippen molar-refractivity contribution >= 4 is 11.5 Å². The minimum absolute atomic E-state index is 0.184. The summed E-state index contributed by atoms with van der Waals surface area (Å²) in [4.78, 5) is 3.96. The van der Waals surface area contributed by atoms with Crippen LogP contribution in [-0.2, 0) is 0 Å². The van der Waals surface area contributed by atoms with Gasteiger partial charge in [0.15, 0.2) is 17.3 Å². The van der Waals surface area contributed by atoms with E-state index in [4.69, 9.17) is 5.11 Å². The van der Waals surface area contributed by atoms with Gasteiger partial charge in [0, 0.05) is 12.3 Å². The smallest absolute Gasteiger partial charge is 0.174 e. The standard InChI is InChI=1S/C11H9N3O2/c15-9-5-4-8(7-10(9)16)13-14-11-3-1-2-6-12-11/h1-7,15-16H. The number of benzene rings is 1. The van der Waals surface area contributed by atoms with Gasteiger partial charge in [0.05, 0.1) is 5.69 Å². The normalized spacial score (nSPS) is 10.8. The van der Waals surface area contributed by atoms with Crippen molar-refractivity contribution in [3.05, 3.63) is 42.6 Å². The zero-order valence-electron chi connectivity index (χ0n) is 8.28. The minimum Gasteiger partial charge on any atom is -0.504 e. The van der Waals surface area contributed by atoms with Crippen molar-refractivity contribution in [1.82, 2.24) is 4.98 Å². The maximum atomic E-state index is 9.23. The molecule has 5 nitrogen and oxygen atoms in total. The van der Waals surface area contributed by atoms with Gasteiger partial charge in [0.1, 0.15) is 0 Å². The number of phenolic OH excluding ortho intramolecular Hbond substituents is 2. The SMILES string of the molecule is Oc1ccc(N=Nc2ccccn2)cc1O. The molecule has 0 radical (unpaired) electrons. The van der Waals surface area contributed by atoms with Gasteiger partial charge in [0.2, 0.25) is 0 Å². The molecule has 1 heterocycles. The Hall–Kier alpha value is -2.43. The van der Waals surface area contributed by atoms with Crippen LogP contribution in [0.2, 0.25) is 0 Å². The number of hydrogen-bond donors (Lipinski definition) is 2. The van der Waals surface area contributed by atoms with Gasteiger partial charge in [-0.15, -0.1) is 10.2 Å². The average Bonchev–Trinajstić information content (AvgIpc) is 2.32. The fraction of sp³-hybridized carbons (Fsp3) is 0. The fourth-order valence-corrected chi connectivity index (χ4v) is 1.10. The molecule has 0 aliphatic heterocycles. The van der Waals surface area contributed by atoms with E-state index in [0.717, 1.165) is 0 Å². The molecule has 0 aliphatic rings. The summed E-state index contributed by atoms with van der Waals surface area (Å²) in [6, 6.07) is 9.51. The number of pyridine rings is 1. The summed E-state index contributed by atoms with van der Waals surface area (Å²) in [5.41, 5.74) is 0.445. The molecule has 0 fully saturated rings. The number of aromatic hydroxyl groups is 2. The van der Waals surface area contributed by atoms with Gasteiger partial charge >= 0.3 is 0 Å². The Labute approximate surface area is 91.7 Å². The van der Waals surface area contributed by atoms with Gasteiger partial charge in [-0.05, 0) is 24.3 Å². The zero-order chi connectivity index (χ0) is 11.4. The highest BCUT2D eigenvalue weighted by Crippen LogP contribution is 2.29. The number of azo groups is 1. The summed E-state index contributed by atoms with van der Waals surface area (Å²) in [6.45, 7) is 0. The molecule has 80 valence electrons. The highest BCUT2D eigenvalue weighted by molar-refractivity contribution is 5.49. The van der Waals surface area contributed by atoms with Gasteiger partial charge in [-0.1, -0.05) is 6.07 Å². The molecular weight excluding hydrogens is 206 g/mol. The molecule has 5 heteroatoms. The second-order valence-corrected chi connectivity index (χ2v) is 3.06. The lowest BCUT2D eigenvalue weighted by Gasteiger charge is -1.97. The fourth-order valence-electron chi connectivity index (χ4n) is 1.10. The number of aromatic nitrogens is 1. The van der Waals surface area contributed by atoms with Crippen LogP contribution in [0.3, 0.4) is 0 Å². The van der Waals surface area contributed by atoms with Crippen molar-refractivity contribution in [3.63, 3.8) is 0 Å². The van der Waals surface area contributed by atoms with E-state index in [1.807, 2.05) is 0 Å². The van der Waals surface area contributed by atoms with Crippen molar-refractivity contribution < 1.29 is 10.2 Å². The van der Waals surface area contributed by atoms with Crippen LogP contribution in [0, 0.1) is 0 Å². The number of hydrogen-bond acceptors (Lipinski definition) is 5. The first-order chi connectivity index (χ1) is 7.75. The van der Waals surface area contributed by atoms with E-state index < -0.39 is 0 Å². The Morgan fingerprint density at radius 2 is 1.81 bits per heavy atom. The molecule has 0 atom stereocenters.